The van der Waals surface area contributed by atoms with Gasteiger partial charge >= 0.3 is 0 Å². The summed E-state index contributed by atoms with van der Waals surface area (Å²) >= 11 is 0. The van der Waals surface area contributed by atoms with Gasteiger partial charge in [0.15, 0.2) is 9.84 Å². The van der Waals surface area contributed by atoms with E-state index in [9.17, 15) is 18.3 Å². The molecule has 19 heavy (non-hydrogen) atoms. The smallest absolute Gasteiger partial charge is 0.247 e. The first-order chi connectivity index (χ1) is 8.99. The maximum Gasteiger partial charge on any atom is 0.247 e. The number of nitrogens with zero attached hydrogens (tertiary/aromatic N) is 1. The second-order valence-corrected chi connectivity index (χ2v) is 6.22. The van der Waals surface area contributed by atoms with Crippen LogP contribution in [-0.2, 0) is 14.6 Å². The molecule has 102 valence electrons. The molecule has 1 heterocycles. The number of benzene rings is 1. The summed E-state index contributed by atoms with van der Waals surface area (Å²) in [5.41, 5.74) is 0. The Morgan fingerprint density at radius 1 is 1.32 bits per heavy atom. The van der Waals surface area contributed by atoms with Gasteiger partial charge in [0.2, 0.25) is 5.91 Å². The number of hydrogen-bond acceptors (Lipinski definition) is 4. The molecule has 1 saturated heterocycles. The molecule has 6 heteroatoms. The van der Waals surface area contributed by atoms with Gasteiger partial charge in [0.1, 0.15) is 0 Å². The highest BCUT2D eigenvalue weighted by molar-refractivity contribution is 7.94. The Balaban J connectivity index is 2.08. The standard InChI is InChI=1S/C13H15NO4S/c15-11-6-8-14(10-11)13(16)7-9-19(17,18)12-4-2-1-3-5-12/h1-5,7,9,11,15H,6,8,10H2/t11-/m1/s1. The summed E-state index contributed by atoms with van der Waals surface area (Å²) in [5.74, 6) is -0.393. The van der Waals surface area contributed by atoms with Gasteiger partial charge in [0.25, 0.3) is 0 Å². The van der Waals surface area contributed by atoms with E-state index in [4.69, 9.17) is 0 Å². The van der Waals surface area contributed by atoms with Crippen molar-refractivity contribution in [1.29, 1.82) is 0 Å². The van der Waals surface area contributed by atoms with E-state index in [1.165, 1.54) is 17.0 Å². The molecule has 0 aliphatic carbocycles. The van der Waals surface area contributed by atoms with Gasteiger partial charge in [-0.15, -0.1) is 0 Å². The summed E-state index contributed by atoms with van der Waals surface area (Å²) in [5, 5.41) is 10.2. The van der Waals surface area contributed by atoms with Crippen LogP contribution in [-0.4, -0.2) is 43.5 Å². The molecule has 0 spiro atoms. The second-order valence-electron chi connectivity index (χ2n) is 4.39. The monoisotopic (exact) mass is 281 g/mol. The number of carbonyl (C=O) groups excluding carboxylic acids is 1. The van der Waals surface area contributed by atoms with Crippen molar-refractivity contribution >= 4 is 15.7 Å². The highest BCUT2D eigenvalue weighted by atomic mass is 32.2. The Bertz CT molecular complexity index is 580. The first-order valence-corrected chi connectivity index (χ1v) is 7.49. The van der Waals surface area contributed by atoms with Crippen molar-refractivity contribution in [3.63, 3.8) is 0 Å². The van der Waals surface area contributed by atoms with Crippen LogP contribution in [0.1, 0.15) is 6.42 Å². The van der Waals surface area contributed by atoms with Gasteiger partial charge in [-0.05, 0) is 18.6 Å². The van der Waals surface area contributed by atoms with Crippen LogP contribution < -0.4 is 0 Å². The second kappa shape index (κ2) is 5.54. The normalized spacial score (nSPS) is 20.1. The minimum absolute atomic E-state index is 0.153. The van der Waals surface area contributed by atoms with E-state index < -0.39 is 21.8 Å². The predicted octanol–water partition coefficient (Wildman–Crippen LogP) is 0.567. The molecule has 1 aliphatic rings. The van der Waals surface area contributed by atoms with Crippen LogP contribution in [0, 0.1) is 0 Å². The molecule has 1 atom stereocenters. The lowest BCUT2D eigenvalue weighted by molar-refractivity contribution is -0.125. The third-order valence-electron chi connectivity index (χ3n) is 2.94. The van der Waals surface area contributed by atoms with Crippen molar-refractivity contribution in [1.82, 2.24) is 4.90 Å². The van der Waals surface area contributed by atoms with Crippen molar-refractivity contribution < 1.29 is 18.3 Å². The number of amides is 1. The van der Waals surface area contributed by atoms with E-state index in [2.05, 4.69) is 0 Å². The molecule has 1 fully saturated rings. The van der Waals surface area contributed by atoms with Gasteiger partial charge in [-0.3, -0.25) is 4.79 Å². The number of carbonyl (C=O) groups is 1. The molecule has 1 aromatic rings. The lowest BCUT2D eigenvalue weighted by atomic mass is 10.3. The van der Waals surface area contributed by atoms with Crippen LogP contribution in [0.15, 0.2) is 46.7 Å². The largest absolute Gasteiger partial charge is 0.391 e. The van der Waals surface area contributed by atoms with Crippen LogP contribution in [0.4, 0.5) is 0 Å². The van der Waals surface area contributed by atoms with Crippen LogP contribution in [0.25, 0.3) is 0 Å². The maximum atomic E-state index is 11.9. The SMILES string of the molecule is O=C(C=CS(=O)(=O)c1ccccc1)N1CC[C@@H](O)C1. The summed E-state index contributed by atoms with van der Waals surface area (Å²) in [4.78, 5) is 13.3. The average Bonchev–Trinajstić information content (AvgIpc) is 2.84. The molecular formula is C13H15NO4S. The van der Waals surface area contributed by atoms with Crippen molar-refractivity contribution in [3.8, 4) is 0 Å². The Labute approximate surface area is 112 Å². The lowest BCUT2D eigenvalue weighted by Crippen LogP contribution is -2.27. The first-order valence-electron chi connectivity index (χ1n) is 5.94. The summed E-state index contributed by atoms with van der Waals surface area (Å²) in [6.07, 6.45) is 1.06. The van der Waals surface area contributed by atoms with Gasteiger partial charge in [-0.25, -0.2) is 8.42 Å². The summed E-state index contributed by atoms with van der Waals surface area (Å²) in [6, 6.07) is 7.92. The van der Waals surface area contributed by atoms with Gasteiger partial charge in [-0.1, -0.05) is 18.2 Å². The number of likely N-dealkylation sites (tertiary alicyclic amines) is 1. The zero-order chi connectivity index (χ0) is 13.9. The Morgan fingerprint density at radius 3 is 2.58 bits per heavy atom. The number of aliphatic hydroxyl groups excluding tert-OH is 1. The van der Waals surface area contributed by atoms with Gasteiger partial charge < -0.3 is 10.0 Å². The number of sulfone groups is 1. The lowest BCUT2D eigenvalue weighted by Gasteiger charge is -2.12. The Morgan fingerprint density at radius 2 is 2.00 bits per heavy atom. The summed E-state index contributed by atoms with van der Waals surface area (Å²) in [7, 11) is -3.59. The van der Waals surface area contributed by atoms with Gasteiger partial charge in [-0.2, -0.15) is 0 Å². The molecular weight excluding hydrogens is 266 g/mol. The molecule has 1 amide bonds. The van der Waals surface area contributed by atoms with Crippen molar-refractivity contribution in [2.75, 3.05) is 13.1 Å². The minimum atomic E-state index is -3.59. The molecule has 1 aliphatic heterocycles. The van der Waals surface area contributed by atoms with Crippen LogP contribution in [0.3, 0.4) is 0 Å². The quantitative estimate of drug-likeness (QED) is 0.822. The van der Waals surface area contributed by atoms with E-state index in [0.29, 0.717) is 13.0 Å². The van der Waals surface area contributed by atoms with Crippen molar-refractivity contribution in [2.45, 2.75) is 17.4 Å². The average molecular weight is 281 g/mol. The number of aliphatic hydroxyl groups is 1. The topological polar surface area (TPSA) is 74.7 Å². The Hall–Kier alpha value is -1.66. The number of β-amino-alcohol motifs (C(OH)–C–C–N with tert-alkyl or cyclic N) is 1. The number of hydrogen-bond donors (Lipinski definition) is 1. The first kappa shape index (κ1) is 13.8. The van der Waals surface area contributed by atoms with Crippen LogP contribution >= 0.6 is 0 Å². The number of rotatable bonds is 3. The van der Waals surface area contributed by atoms with Crippen molar-refractivity contribution in [2.24, 2.45) is 0 Å². The van der Waals surface area contributed by atoms with Gasteiger partial charge in [0, 0.05) is 24.6 Å². The maximum absolute atomic E-state index is 11.9. The molecule has 5 nitrogen and oxygen atoms in total. The zero-order valence-corrected chi connectivity index (χ0v) is 11.1. The molecule has 0 aromatic heterocycles. The molecule has 0 saturated carbocycles. The molecule has 1 aromatic carbocycles. The summed E-state index contributed by atoms with van der Waals surface area (Å²) in [6.45, 7) is 0.713. The fourth-order valence-electron chi connectivity index (χ4n) is 1.88. The predicted molar refractivity (Wildman–Crippen MR) is 70.0 cm³/mol. The minimum Gasteiger partial charge on any atom is -0.391 e. The fourth-order valence-corrected chi connectivity index (χ4v) is 2.87. The van der Waals surface area contributed by atoms with E-state index in [1.54, 1.807) is 18.2 Å². The van der Waals surface area contributed by atoms with E-state index in [1.807, 2.05) is 0 Å². The highest BCUT2D eigenvalue weighted by Gasteiger charge is 2.23. The zero-order valence-electron chi connectivity index (χ0n) is 10.3. The molecule has 1 N–H and O–H groups in total. The molecule has 0 bridgehead atoms. The van der Waals surface area contributed by atoms with E-state index in [0.717, 1.165) is 11.5 Å². The fraction of sp³-hybridized carbons (Fsp3) is 0.308. The van der Waals surface area contributed by atoms with E-state index >= 15 is 0 Å². The Kier molecular flexibility index (Phi) is 4.01. The van der Waals surface area contributed by atoms with Gasteiger partial charge in [0.05, 0.1) is 11.0 Å². The molecule has 2 rings (SSSR count). The molecule has 0 unspecified atom stereocenters. The molecule has 0 radical (unpaired) electrons. The summed E-state index contributed by atoms with van der Waals surface area (Å²) < 4.78 is 23.8. The van der Waals surface area contributed by atoms with Crippen LogP contribution in [0.2, 0.25) is 0 Å². The van der Waals surface area contributed by atoms with Crippen LogP contribution in [0.5, 0.6) is 0 Å². The third kappa shape index (κ3) is 3.42. The van der Waals surface area contributed by atoms with Crippen molar-refractivity contribution in [3.05, 3.63) is 41.8 Å². The third-order valence-corrected chi connectivity index (χ3v) is 4.36. The van der Waals surface area contributed by atoms with E-state index in [-0.39, 0.29) is 11.4 Å². The highest BCUT2D eigenvalue weighted by Crippen LogP contribution is 2.13.